The largest absolute Gasteiger partial charge is 0.465 e. The van der Waals surface area contributed by atoms with E-state index in [1.54, 1.807) is 6.07 Å². The molecule has 0 unspecified atom stereocenters. The number of ether oxygens (including phenoxy) is 2. The molecule has 0 spiro atoms. The van der Waals surface area contributed by atoms with Gasteiger partial charge in [-0.25, -0.2) is 9.59 Å². The van der Waals surface area contributed by atoms with Crippen LogP contribution in [0.1, 0.15) is 58.5 Å². The van der Waals surface area contributed by atoms with E-state index in [9.17, 15) is 14.4 Å². The summed E-state index contributed by atoms with van der Waals surface area (Å²) in [6.45, 7) is 3.93. The molecule has 0 amide bonds. The predicted octanol–water partition coefficient (Wildman–Crippen LogP) is 3.79. The van der Waals surface area contributed by atoms with Crippen molar-refractivity contribution in [3.8, 4) is 11.3 Å². The Hall–Kier alpha value is -2.89. The van der Waals surface area contributed by atoms with E-state index in [1.807, 2.05) is 13.8 Å². The molecule has 0 saturated carbocycles. The summed E-state index contributed by atoms with van der Waals surface area (Å²) < 4.78 is 15.5. The molecule has 1 aromatic carbocycles. The molecular formula is C21H24O6. The zero-order chi connectivity index (χ0) is 20.0. The highest BCUT2D eigenvalue weighted by atomic mass is 16.5. The van der Waals surface area contributed by atoms with Gasteiger partial charge in [0.2, 0.25) is 0 Å². The first-order chi connectivity index (χ1) is 13.0. The molecule has 0 aliphatic carbocycles. The van der Waals surface area contributed by atoms with Crippen LogP contribution in [0.2, 0.25) is 0 Å². The standard InChI is InChI=1S/C21H24O6/c1-5-8-13-12-27-19(16(9-6-2)18(13)22)17-14(20(23)25-3)10-7-11-15(17)21(24)26-4/h7,10-12H,5-6,8-9H2,1-4H3. The third kappa shape index (κ3) is 4.10. The Labute approximate surface area is 158 Å². The minimum atomic E-state index is -0.626. The lowest BCUT2D eigenvalue weighted by Gasteiger charge is -2.15. The fourth-order valence-corrected chi connectivity index (χ4v) is 3.04. The van der Waals surface area contributed by atoms with E-state index in [4.69, 9.17) is 13.9 Å². The van der Waals surface area contributed by atoms with E-state index in [-0.39, 0.29) is 27.9 Å². The molecule has 0 aliphatic heterocycles. The van der Waals surface area contributed by atoms with E-state index in [0.29, 0.717) is 30.4 Å². The first-order valence-electron chi connectivity index (χ1n) is 8.93. The van der Waals surface area contributed by atoms with Crippen molar-refractivity contribution in [1.82, 2.24) is 0 Å². The second-order valence-electron chi connectivity index (χ2n) is 6.11. The Morgan fingerprint density at radius 1 is 0.963 bits per heavy atom. The van der Waals surface area contributed by atoms with Crippen LogP contribution in [0.5, 0.6) is 0 Å². The van der Waals surface area contributed by atoms with Crippen molar-refractivity contribution in [2.45, 2.75) is 39.5 Å². The molecule has 1 aromatic heterocycles. The Kier molecular flexibility index (Phi) is 6.93. The molecule has 2 rings (SSSR count). The number of methoxy groups -OCH3 is 2. The second kappa shape index (κ2) is 9.16. The molecule has 0 saturated heterocycles. The number of aryl methyl sites for hydroxylation is 1. The van der Waals surface area contributed by atoms with Gasteiger partial charge in [0.05, 0.1) is 31.6 Å². The lowest BCUT2D eigenvalue weighted by molar-refractivity contribution is 0.0600. The number of benzene rings is 1. The lowest BCUT2D eigenvalue weighted by Crippen LogP contribution is -2.18. The normalized spacial score (nSPS) is 10.5. The van der Waals surface area contributed by atoms with Crippen LogP contribution in [0.15, 0.2) is 33.7 Å². The average Bonchev–Trinajstić information content (AvgIpc) is 2.69. The van der Waals surface area contributed by atoms with Crippen molar-refractivity contribution in [3.63, 3.8) is 0 Å². The third-order valence-electron chi connectivity index (χ3n) is 4.28. The van der Waals surface area contributed by atoms with E-state index in [2.05, 4.69) is 0 Å². The fourth-order valence-electron chi connectivity index (χ4n) is 3.04. The van der Waals surface area contributed by atoms with Gasteiger partial charge in [-0.15, -0.1) is 0 Å². The summed E-state index contributed by atoms with van der Waals surface area (Å²) in [7, 11) is 2.51. The van der Waals surface area contributed by atoms with Gasteiger partial charge in [0, 0.05) is 16.7 Å². The lowest BCUT2D eigenvalue weighted by atomic mass is 9.93. The highest BCUT2D eigenvalue weighted by molar-refractivity contribution is 6.05. The van der Waals surface area contributed by atoms with Crippen LogP contribution in [0.4, 0.5) is 0 Å². The van der Waals surface area contributed by atoms with Gasteiger partial charge in [0.25, 0.3) is 0 Å². The molecule has 0 radical (unpaired) electrons. The number of carbonyl (C=O) groups is 2. The van der Waals surface area contributed by atoms with E-state index >= 15 is 0 Å². The van der Waals surface area contributed by atoms with Crippen LogP contribution in [0.25, 0.3) is 11.3 Å². The number of rotatable bonds is 7. The second-order valence-corrected chi connectivity index (χ2v) is 6.11. The molecule has 0 atom stereocenters. The Bertz CT molecular complexity index is 860. The Morgan fingerprint density at radius 3 is 2.00 bits per heavy atom. The predicted molar refractivity (Wildman–Crippen MR) is 101 cm³/mol. The van der Waals surface area contributed by atoms with Crippen LogP contribution < -0.4 is 5.43 Å². The van der Waals surface area contributed by atoms with Gasteiger partial charge in [-0.05, 0) is 25.0 Å². The minimum Gasteiger partial charge on any atom is -0.465 e. The van der Waals surface area contributed by atoms with Gasteiger partial charge in [-0.2, -0.15) is 0 Å². The van der Waals surface area contributed by atoms with Crippen LogP contribution in [-0.4, -0.2) is 26.2 Å². The quantitative estimate of drug-likeness (QED) is 0.688. The summed E-state index contributed by atoms with van der Waals surface area (Å²) >= 11 is 0. The summed E-state index contributed by atoms with van der Waals surface area (Å²) in [5.41, 5.74) is 1.42. The molecule has 0 fully saturated rings. The van der Waals surface area contributed by atoms with Crippen LogP contribution in [0, 0.1) is 0 Å². The number of hydrogen-bond acceptors (Lipinski definition) is 6. The molecule has 2 aromatic rings. The van der Waals surface area contributed by atoms with Crippen LogP contribution in [0.3, 0.4) is 0 Å². The zero-order valence-electron chi connectivity index (χ0n) is 16.1. The molecule has 0 aliphatic rings. The molecule has 27 heavy (non-hydrogen) atoms. The average molecular weight is 372 g/mol. The molecule has 6 nitrogen and oxygen atoms in total. The van der Waals surface area contributed by atoms with Crippen molar-refractivity contribution in [2.75, 3.05) is 14.2 Å². The summed E-state index contributed by atoms with van der Waals surface area (Å²) in [6, 6.07) is 4.62. The van der Waals surface area contributed by atoms with Gasteiger partial charge in [-0.3, -0.25) is 4.79 Å². The topological polar surface area (TPSA) is 82.8 Å². The van der Waals surface area contributed by atoms with Crippen LogP contribution >= 0.6 is 0 Å². The fraction of sp³-hybridized carbons (Fsp3) is 0.381. The summed E-state index contributed by atoms with van der Waals surface area (Å²) in [6.07, 6.45) is 3.99. The van der Waals surface area contributed by atoms with Crippen LogP contribution in [-0.2, 0) is 22.3 Å². The summed E-state index contributed by atoms with van der Waals surface area (Å²) in [4.78, 5) is 37.6. The zero-order valence-corrected chi connectivity index (χ0v) is 16.1. The monoisotopic (exact) mass is 372 g/mol. The third-order valence-corrected chi connectivity index (χ3v) is 4.28. The van der Waals surface area contributed by atoms with Gasteiger partial charge >= 0.3 is 11.9 Å². The Morgan fingerprint density at radius 2 is 1.52 bits per heavy atom. The van der Waals surface area contributed by atoms with Gasteiger partial charge in [0.15, 0.2) is 5.43 Å². The number of hydrogen-bond donors (Lipinski definition) is 0. The maximum absolute atomic E-state index is 13.0. The van der Waals surface area contributed by atoms with Crippen molar-refractivity contribution in [3.05, 3.63) is 56.9 Å². The SMILES string of the molecule is CCCc1coc(-c2c(C(=O)OC)cccc2C(=O)OC)c(CCC)c1=O. The maximum Gasteiger partial charge on any atom is 0.338 e. The van der Waals surface area contributed by atoms with E-state index < -0.39 is 11.9 Å². The number of esters is 2. The van der Waals surface area contributed by atoms with E-state index in [0.717, 1.165) is 6.42 Å². The van der Waals surface area contributed by atoms with Crippen molar-refractivity contribution in [2.24, 2.45) is 0 Å². The molecule has 144 valence electrons. The first kappa shape index (κ1) is 20.4. The smallest absolute Gasteiger partial charge is 0.338 e. The summed E-state index contributed by atoms with van der Waals surface area (Å²) in [5, 5.41) is 0. The maximum atomic E-state index is 13.0. The first-order valence-corrected chi connectivity index (χ1v) is 8.93. The highest BCUT2D eigenvalue weighted by Gasteiger charge is 2.26. The van der Waals surface area contributed by atoms with E-state index in [1.165, 1.54) is 32.6 Å². The minimum absolute atomic E-state index is 0.115. The highest BCUT2D eigenvalue weighted by Crippen LogP contribution is 2.32. The molecule has 6 heteroatoms. The summed E-state index contributed by atoms with van der Waals surface area (Å²) in [5.74, 6) is -1.04. The van der Waals surface area contributed by atoms with Gasteiger partial charge < -0.3 is 13.9 Å². The molecular weight excluding hydrogens is 348 g/mol. The molecule has 1 heterocycles. The number of carbonyl (C=O) groups excluding carboxylic acids is 2. The van der Waals surface area contributed by atoms with Crippen molar-refractivity contribution < 1.29 is 23.5 Å². The Balaban J connectivity index is 2.87. The van der Waals surface area contributed by atoms with Gasteiger partial charge in [0.1, 0.15) is 5.76 Å². The molecule has 0 N–H and O–H groups in total. The van der Waals surface area contributed by atoms with Crippen molar-refractivity contribution >= 4 is 11.9 Å². The van der Waals surface area contributed by atoms with Crippen molar-refractivity contribution in [1.29, 1.82) is 0 Å². The van der Waals surface area contributed by atoms with Gasteiger partial charge in [-0.1, -0.05) is 32.8 Å². The molecule has 0 bridgehead atoms.